The Labute approximate surface area is 105 Å². The fourth-order valence-corrected chi connectivity index (χ4v) is 3.36. The van der Waals surface area contributed by atoms with Crippen LogP contribution < -0.4 is 5.32 Å². The van der Waals surface area contributed by atoms with Gasteiger partial charge in [0.25, 0.3) is 0 Å². The van der Waals surface area contributed by atoms with Crippen molar-refractivity contribution in [1.29, 1.82) is 0 Å². The number of nitrogens with one attached hydrogen (secondary N) is 1. The maximum Gasteiger partial charge on any atom is 0.156 e. The smallest absolute Gasteiger partial charge is 0.156 e. The molecule has 0 amide bonds. The molecule has 0 radical (unpaired) electrons. The highest BCUT2D eigenvalue weighted by Crippen LogP contribution is 2.30. The molecule has 1 atom stereocenters. The summed E-state index contributed by atoms with van der Waals surface area (Å²) in [7, 11) is 0. The molecule has 0 saturated heterocycles. The van der Waals surface area contributed by atoms with Crippen LogP contribution in [-0.4, -0.2) is 23.5 Å². The highest BCUT2D eigenvalue weighted by molar-refractivity contribution is 8.14. The number of aliphatic imine (C=N–C) groups is 1. The largest absolute Gasteiger partial charge is 0.365 e. The molecule has 0 aliphatic carbocycles. The fraction of sp³-hybridized carbons (Fsp3) is 0.923. The van der Waals surface area contributed by atoms with Gasteiger partial charge < -0.3 is 5.32 Å². The number of amidine groups is 1. The van der Waals surface area contributed by atoms with Gasteiger partial charge in [0.1, 0.15) is 0 Å². The molecule has 0 spiro atoms. The third-order valence-corrected chi connectivity index (χ3v) is 4.58. The zero-order chi connectivity index (χ0) is 12.0. The quantitative estimate of drug-likeness (QED) is 0.770. The number of hydrogen-bond acceptors (Lipinski definition) is 3. The SMILES string of the molecule is CCC(CC)C1CN=C(NCCC(C)C)S1. The third kappa shape index (κ3) is 4.36. The summed E-state index contributed by atoms with van der Waals surface area (Å²) >= 11 is 1.96. The lowest BCUT2D eigenvalue weighted by Crippen LogP contribution is -2.23. The zero-order valence-electron chi connectivity index (χ0n) is 11.1. The second-order valence-corrected chi connectivity index (χ2v) is 6.22. The Balaban J connectivity index is 2.23. The monoisotopic (exact) mass is 242 g/mol. The van der Waals surface area contributed by atoms with E-state index in [0.29, 0.717) is 0 Å². The minimum absolute atomic E-state index is 0.719. The maximum absolute atomic E-state index is 4.60. The second kappa shape index (κ2) is 7.21. The molecule has 0 aromatic rings. The van der Waals surface area contributed by atoms with Crippen molar-refractivity contribution in [1.82, 2.24) is 5.32 Å². The van der Waals surface area contributed by atoms with E-state index in [0.717, 1.165) is 30.2 Å². The molecule has 1 N–H and O–H groups in total. The lowest BCUT2D eigenvalue weighted by molar-refractivity contribution is 0.479. The van der Waals surface area contributed by atoms with E-state index in [1.165, 1.54) is 24.4 Å². The van der Waals surface area contributed by atoms with Gasteiger partial charge in [-0.3, -0.25) is 4.99 Å². The van der Waals surface area contributed by atoms with Crippen LogP contribution in [0.4, 0.5) is 0 Å². The summed E-state index contributed by atoms with van der Waals surface area (Å²) in [4.78, 5) is 4.60. The topological polar surface area (TPSA) is 24.4 Å². The minimum atomic E-state index is 0.719. The molecule has 16 heavy (non-hydrogen) atoms. The molecule has 0 bridgehead atoms. The van der Waals surface area contributed by atoms with Crippen LogP contribution in [0, 0.1) is 11.8 Å². The van der Waals surface area contributed by atoms with Crippen molar-refractivity contribution in [3.8, 4) is 0 Å². The summed E-state index contributed by atoms with van der Waals surface area (Å²) in [5.74, 6) is 1.60. The first kappa shape index (κ1) is 13.9. The molecule has 1 unspecified atom stereocenters. The predicted molar refractivity (Wildman–Crippen MR) is 75.2 cm³/mol. The predicted octanol–water partition coefficient (Wildman–Crippen LogP) is 3.53. The van der Waals surface area contributed by atoms with E-state index in [9.17, 15) is 0 Å². The summed E-state index contributed by atoms with van der Waals surface area (Å²) in [6.07, 6.45) is 3.79. The molecule has 0 fully saturated rings. The second-order valence-electron chi connectivity index (χ2n) is 4.99. The van der Waals surface area contributed by atoms with E-state index in [4.69, 9.17) is 0 Å². The normalized spacial score (nSPS) is 20.6. The van der Waals surface area contributed by atoms with E-state index in [-0.39, 0.29) is 0 Å². The average Bonchev–Trinajstić information content (AvgIpc) is 2.68. The number of rotatable bonds is 6. The molecular weight excluding hydrogens is 216 g/mol. The van der Waals surface area contributed by atoms with Crippen molar-refractivity contribution in [2.45, 2.75) is 52.2 Å². The summed E-state index contributed by atoms with van der Waals surface area (Å²) in [5.41, 5.74) is 0. The van der Waals surface area contributed by atoms with Gasteiger partial charge in [0.2, 0.25) is 0 Å². The van der Waals surface area contributed by atoms with E-state index in [2.05, 4.69) is 38.0 Å². The molecule has 0 aromatic carbocycles. The first-order chi connectivity index (χ1) is 7.67. The third-order valence-electron chi connectivity index (χ3n) is 3.25. The molecule has 1 rings (SSSR count). The Bertz CT molecular complexity index is 222. The molecule has 0 saturated carbocycles. The summed E-state index contributed by atoms with van der Waals surface area (Å²) in [6.45, 7) is 11.2. The van der Waals surface area contributed by atoms with Crippen LogP contribution in [0.2, 0.25) is 0 Å². The van der Waals surface area contributed by atoms with Crippen LogP contribution in [0.15, 0.2) is 4.99 Å². The van der Waals surface area contributed by atoms with Crippen LogP contribution in [0.1, 0.15) is 47.0 Å². The van der Waals surface area contributed by atoms with Gasteiger partial charge in [0.15, 0.2) is 5.17 Å². The Morgan fingerprint density at radius 2 is 2.06 bits per heavy atom. The van der Waals surface area contributed by atoms with Crippen molar-refractivity contribution in [2.24, 2.45) is 16.8 Å². The molecule has 2 nitrogen and oxygen atoms in total. The molecule has 0 aromatic heterocycles. The Hall–Kier alpha value is -0.180. The Kier molecular flexibility index (Phi) is 6.25. The van der Waals surface area contributed by atoms with Gasteiger partial charge in [-0.05, 0) is 18.3 Å². The minimum Gasteiger partial charge on any atom is -0.365 e. The summed E-state index contributed by atoms with van der Waals surface area (Å²) in [6, 6.07) is 0. The zero-order valence-corrected chi connectivity index (χ0v) is 11.9. The molecular formula is C13H26N2S. The van der Waals surface area contributed by atoms with Crippen molar-refractivity contribution in [3.63, 3.8) is 0 Å². The van der Waals surface area contributed by atoms with Crippen LogP contribution in [0.3, 0.4) is 0 Å². The van der Waals surface area contributed by atoms with Crippen molar-refractivity contribution in [3.05, 3.63) is 0 Å². The molecule has 94 valence electrons. The van der Waals surface area contributed by atoms with Gasteiger partial charge in [-0.1, -0.05) is 52.3 Å². The van der Waals surface area contributed by atoms with Crippen molar-refractivity contribution < 1.29 is 0 Å². The fourth-order valence-electron chi connectivity index (χ4n) is 2.02. The van der Waals surface area contributed by atoms with Crippen LogP contribution >= 0.6 is 11.8 Å². The first-order valence-corrected chi connectivity index (χ1v) is 7.50. The number of nitrogens with zero attached hydrogens (tertiary/aromatic N) is 1. The summed E-state index contributed by atoms with van der Waals surface area (Å²) in [5, 5.41) is 5.36. The molecule has 1 aliphatic rings. The average molecular weight is 242 g/mol. The van der Waals surface area contributed by atoms with E-state index in [1.54, 1.807) is 0 Å². The molecule has 3 heteroatoms. The van der Waals surface area contributed by atoms with Crippen LogP contribution in [0.25, 0.3) is 0 Å². The van der Waals surface area contributed by atoms with E-state index in [1.807, 2.05) is 11.8 Å². The maximum atomic E-state index is 4.60. The van der Waals surface area contributed by atoms with Gasteiger partial charge in [0.05, 0.1) is 6.54 Å². The number of hydrogen-bond donors (Lipinski definition) is 1. The van der Waals surface area contributed by atoms with Gasteiger partial charge in [-0.25, -0.2) is 0 Å². The number of thioether (sulfide) groups is 1. The Morgan fingerprint density at radius 1 is 1.38 bits per heavy atom. The first-order valence-electron chi connectivity index (χ1n) is 6.62. The molecule has 1 heterocycles. The van der Waals surface area contributed by atoms with Gasteiger partial charge in [-0.2, -0.15) is 0 Å². The lowest BCUT2D eigenvalue weighted by atomic mass is 9.99. The van der Waals surface area contributed by atoms with Crippen LogP contribution in [0.5, 0.6) is 0 Å². The van der Waals surface area contributed by atoms with Crippen molar-refractivity contribution in [2.75, 3.05) is 13.1 Å². The van der Waals surface area contributed by atoms with Gasteiger partial charge in [0, 0.05) is 11.8 Å². The van der Waals surface area contributed by atoms with E-state index >= 15 is 0 Å². The Morgan fingerprint density at radius 3 is 2.62 bits per heavy atom. The van der Waals surface area contributed by atoms with Crippen LogP contribution in [-0.2, 0) is 0 Å². The summed E-state index contributed by atoms with van der Waals surface area (Å²) < 4.78 is 0. The van der Waals surface area contributed by atoms with E-state index < -0.39 is 0 Å². The lowest BCUT2D eigenvalue weighted by Gasteiger charge is -2.18. The van der Waals surface area contributed by atoms with Gasteiger partial charge in [-0.15, -0.1) is 0 Å². The standard InChI is InChI=1S/C13H26N2S/c1-5-11(6-2)12-9-15-13(16-12)14-8-7-10(3)4/h10-12H,5-9H2,1-4H3,(H,14,15). The highest BCUT2D eigenvalue weighted by atomic mass is 32.2. The van der Waals surface area contributed by atoms with Crippen molar-refractivity contribution >= 4 is 16.9 Å². The highest BCUT2D eigenvalue weighted by Gasteiger charge is 2.25. The molecule has 1 aliphatic heterocycles. The van der Waals surface area contributed by atoms with Gasteiger partial charge >= 0.3 is 0 Å².